The molecular formula is C17H13ClO4. The van der Waals surface area contributed by atoms with Crippen molar-refractivity contribution in [1.29, 1.82) is 0 Å². The van der Waals surface area contributed by atoms with Crippen LogP contribution in [-0.4, -0.2) is 12.8 Å². The van der Waals surface area contributed by atoms with E-state index in [1.165, 1.54) is 6.08 Å². The van der Waals surface area contributed by atoms with Crippen molar-refractivity contribution in [3.8, 4) is 11.5 Å². The standard InChI is InChI=1S/C17H13ClO4/c18-14-3-1-2-13(8-14)10-20-17(19)7-5-12-4-6-15-16(9-12)22-11-21-15/h1-9H,10-11H2. The molecule has 3 rings (SSSR count). The molecule has 0 unspecified atom stereocenters. The molecule has 2 aromatic carbocycles. The fraction of sp³-hybridized carbons (Fsp3) is 0.118. The Balaban J connectivity index is 1.57. The van der Waals surface area contributed by atoms with Crippen LogP contribution in [-0.2, 0) is 16.1 Å². The van der Waals surface area contributed by atoms with Crippen molar-refractivity contribution < 1.29 is 19.0 Å². The number of halogens is 1. The van der Waals surface area contributed by atoms with Crippen LogP contribution in [0.2, 0.25) is 5.02 Å². The average Bonchev–Trinajstić information content (AvgIpc) is 2.98. The van der Waals surface area contributed by atoms with Crippen LogP contribution in [0.15, 0.2) is 48.5 Å². The van der Waals surface area contributed by atoms with E-state index in [1.807, 2.05) is 24.3 Å². The molecule has 112 valence electrons. The number of fused-ring (bicyclic) bond motifs is 1. The molecule has 0 aliphatic carbocycles. The highest BCUT2D eigenvalue weighted by molar-refractivity contribution is 6.30. The number of rotatable bonds is 4. The molecular weight excluding hydrogens is 304 g/mol. The second-order valence-electron chi connectivity index (χ2n) is 4.68. The first-order chi connectivity index (χ1) is 10.7. The summed E-state index contributed by atoms with van der Waals surface area (Å²) in [6, 6.07) is 12.6. The lowest BCUT2D eigenvalue weighted by Gasteiger charge is -2.02. The lowest BCUT2D eigenvalue weighted by molar-refractivity contribution is -0.138. The SMILES string of the molecule is O=C(C=Cc1ccc2c(c1)OCO2)OCc1cccc(Cl)c1. The summed E-state index contributed by atoms with van der Waals surface area (Å²) in [5.74, 6) is 0.966. The second kappa shape index (κ2) is 6.54. The Hall–Kier alpha value is -2.46. The minimum absolute atomic E-state index is 0.185. The van der Waals surface area contributed by atoms with Gasteiger partial charge in [-0.1, -0.05) is 29.8 Å². The fourth-order valence-electron chi connectivity index (χ4n) is 2.01. The predicted molar refractivity (Wildman–Crippen MR) is 82.8 cm³/mol. The van der Waals surface area contributed by atoms with E-state index < -0.39 is 5.97 Å². The van der Waals surface area contributed by atoms with Crippen molar-refractivity contribution >= 4 is 23.6 Å². The Morgan fingerprint density at radius 3 is 2.91 bits per heavy atom. The molecule has 0 aromatic heterocycles. The summed E-state index contributed by atoms with van der Waals surface area (Å²) in [5.41, 5.74) is 1.68. The number of hydrogen-bond donors (Lipinski definition) is 0. The fourth-order valence-corrected chi connectivity index (χ4v) is 2.22. The Bertz CT molecular complexity index is 724. The topological polar surface area (TPSA) is 44.8 Å². The maximum atomic E-state index is 11.7. The predicted octanol–water partition coefficient (Wildman–Crippen LogP) is 3.83. The van der Waals surface area contributed by atoms with E-state index in [-0.39, 0.29) is 13.4 Å². The number of hydrogen-bond acceptors (Lipinski definition) is 4. The van der Waals surface area contributed by atoms with Gasteiger partial charge in [0.2, 0.25) is 6.79 Å². The molecule has 1 aliphatic rings. The van der Waals surface area contributed by atoms with Gasteiger partial charge in [0.1, 0.15) is 6.61 Å². The molecule has 0 saturated carbocycles. The van der Waals surface area contributed by atoms with Crippen molar-refractivity contribution in [3.63, 3.8) is 0 Å². The zero-order chi connectivity index (χ0) is 15.4. The Morgan fingerprint density at radius 2 is 2.05 bits per heavy atom. The highest BCUT2D eigenvalue weighted by Crippen LogP contribution is 2.32. The van der Waals surface area contributed by atoms with Gasteiger partial charge in [0.25, 0.3) is 0 Å². The molecule has 1 heterocycles. The van der Waals surface area contributed by atoms with Crippen molar-refractivity contribution in [2.75, 3.05) is 6.79 Å². The lowest BCUT2D eigenvalue weighted by atomic mass is 10.2. The van der Waals surface area contributed by atoms with Gasteiger partial charge in [0.15, 0.2) is 11.5 Å². The lowest BCUT2D eigenvalue weighted by Crippen LogP contribution is -2.00. The number of ether oxygens (including phenoxy) is 3. The van der Waals surface area contributed by atoms with Gasteiger partial charge in [-0.05, 0) is 41.5 Å². The van der Waals surface area contributed by atoms with Crippen molar-refractivity contribution in [2.24, 2.45) is 0 Å². The highest BCUT2D eigenvalue weighted by Gasteiger charge is 2.12. The van der Waals surface area contributed by atoms with Crippen LogP contribution < -0.4 is 9.47 Å². The zero-order valence-electron chi connectivity index (χ0n) is 11.6. The van der Waals surface area contributed by atoms with E-state index in [4.69, 9.17) is 25.8 Å². The van der Waals surface area contributed by atoms with Crippen LogP contribution in [0, 0.1) is 0 Å². The summed E-state index contributed by atoms with van der Waals surface area (Å²) in [6.45, 7) is 0.412. The molecule has 0 N–H and O–H groups in total. The smallest absolute Gasteiger partial charge is 0.331 e. The normalized spacial score (nSPS) is 12.6. The summed E-state index contributed by atoms with van der Waals surface area (Å²) in [4.78, 5) is 11.7. The summed E-state index contributed by atoms with van der Waals surface area (Å²) >= 11 is 5.87. The van der Waals surface area contributed by atoms with E-state index in [9.17, 15) is 4.79 Å². The van der Waals surface area contributed by atoms with E-state index in [0.717, 1.165) is 11.1 Å². The van der Waals surface area contributed by atoms with E-state index in [2.05, 4.69) is 0 Å². The summed E-state index contributed by atoms with van der Waals surface area (Å²) in [5, 5.41) is 0.615. The Labute approximate surface area is 132 Å². The molecule has 0 radical (unpaired) electrons. The molecule has 1 aliphatic heterocycles. The van der Waals surface area contributed by atoms with Crippen LogP contribution >= 0.6 is 11.6 Å². The average molecular weight is 317 g/mol. The van der Waals surface area contributed by atoms with Crippen LogP contribution in [0.1, 0.15) is 11.1 Å². The van der Waals surface area contributed by atoms with Crippen LogP contribution in [0.5, 0.6) is 11.5 Å². The maximum absolute atomic E-state index is 11.7. The molecule has 0 atom stereocenters. The van der Waals surface area contributed by atoms with Crippen LogP contribution in [0.25, 0.3) is 6.08 Å². The number of carbonyl (C=O) groups excluding carboxylic acids is 1. The second-order valence-corrected chi connectivity index (χ2v) is 5.12. The quantitative estimate of drug-likeness (QED) is 0.635. The van der Waals surface area contributed by atoms with Gasteiger partial charge in [0, 0.05) is 11.1 Å². The van der Waals surface area contributed by atoms with Gasteiger partial charge >= 0.3 is 5.97 Å². The van der Waals surface area contributed by atoms with Gasteiger partial charge < -0.3 is 14.2 Å². The van der Waals surface area contributed by atoms with E-state index in [0.29, 0.717) is 16.5 Å². The molecule has 5 heteroatoms. The first-order valence-electron chi connectivity index (χ1n) is 6.70. The summed E-state index contributed by atoms with van der Waals surface area (Å²) in [6.07, 6.45) is 3.05. The monoisotopic (exact) mass is 316 g/mol. The van der Waals surface area contributed by atoms with Crippen LogP contribution in [0.4, 0.5) is 0 Å². The highest BCUT2D eigenvalue weighted by atomic mass is 35.5. The van der Waals surface area contributed by atoms with E-state index in [1.54, 1.807) is 24.3 Å². The Morgan fingerprint density at radius 1 is 1.18 bits per heavy atom. The third-order valence-electron chi connectivity index (χ3n) is 3.08. The first kappa shape index (κ1) is 14.5. The van der Waals surface area contributed by atoms with Gasteiger partial charge in [-0.3, -0.25) is 0 Å². The largest absolute Gasteiger partial charge is 0.458 e. The molecule has 0 spiro atoms. The van der Waals surface area contributed by atoms with Gasteiger partial charge in [-0.25, -0.2) is 4.79 Å². The minimum Gasteiger partial charge on any atom is -0.458 e. The molecule has 0 amide bonds. The first-order valence-corrected chi connectivity index (χ1v) is 7.07. The number of carbonyl (C=O) groups is 1. The van der Waals surface area contributed by atoms with Gasteiger partial charge in [0.05, 0.1) is 0 Å². The van der Waals surface area contributed by atoms with E-state index >= 15 is 0 Å². The molecule has 0 bridgehead atoms. The summed E-state index contributed by atoms with van der Waals surface area (Å²) in [7, 11) is 0. The van der Waals surface area contributed by atoms with Crippen LogP contribution in [0.3, 0.4) is 0 Å². The molecule has 2 aromatic rings. The maximum Gasteiger partial charge on any atom is 0.331 e. The Kier molecular flexibility index (Phi) is 4.30. The van der Waals surface area contributed by atoms with Crippen molar-refractivity contribution in [1.82, 2.24) is 0 Å². The molecule has 0 saturated heterocycles. The van der Waals surface area contributed by atoms with Gasteiger partial charge in [-0.15, -0.1) is 0 Å². The minimum atomic E-state index is -0.419. The third-order valence-corrected chi connectivity index (χ3v) is 3.31. The summed E-state index contributed by atoms with van der Waals surface area (Å²) < 4.78 is 15.7. The van der Waals surface area contributed by atoms with Crippen molar-refractivity contribution in [2.45, 2.75) is 6.61 Å². The molecule has 4 nitrogen and oxygen atoms in total. The number of benzene rings is 2. The van der Waals surface area contributed by atoms with Gasteiger partial charge in [-0.2, -0.15) is 0 Å². The number of esters is 1. The molecule has 22 heavy (non-hydrogen) atoms. The third kappa shape index (κ3) is 3.59. The molecule has 0 fully saturated rings. The zero-order valence-corrected chi connectivity index (χ0v) is 12.4. The van der Waals surface area contributed by atoms with Crippen molar-refractivity contribution in [3.05, 3.63) is 64.7 Å².